The molecular formula is C14H19N5O2S. The van der Waals surface area contributed by atoms with Crippen molar-refractivity contribution in [3.63, 3.8) is 0 Å². The van der Waals surface area contributed by atoms with Crippen molar-refractivity contribution in [2.45, 2.75) is 51.1 Å². The molecule has 22 heavy (non-hydrogen) atoms. The van der Waals surface area contributed by atoms with Crippen molar-refractivity contribution in [1.82, 2.24) is 25.2 Å². The lowest BCUT2D eigenvalue weighted by atomic mass is 10.2. The molecule has 1 unspecified atom stereocenters. The summed E-state index contributed by atoms with van der Waals surface area (Å²) in [6.07, 6.45) is 4.58. The van der Waals surface area contributed by atoms with E-state index in [0.29, 0.717) is 17.7 Å². The van der Waals surface area contributed by atoms with Crippen molar-refractivity contribution >= 4 is 11.3 Å². The molecule has 0 spiro atoms. The SMILES string of the molecule is CCOc1nnc(CN2CCCC2c2noc(C3CC3)n2)s1. The van der Waals surface area contributed by atoms with Gasteiger partial charge in [0.25, 0.3) is 5.19 Å². The largest absolute Gasteiger partial charge is 0.469 e. The second-order valence-electron chi connectivity index (χ2n) is 5.79. The molecule has 0 N–H and O–H groups in total. The molecule has 0 radical (unpaired) electrons. The van der Waals surface area contributed by atoms with Gasteiger partial charge in [-0.15, -0.1) is 10.2 Å². The van der Waals surface area contributed by atoms with E-state index in [0.717, 1.165) is 42.7 Å². The van der Waals surface area contributed by atoms with E-state index in [1.807, 2.05) is 6.92 Å². The summed E-state index contributed by atoms with van der Waals surface area (Å²) in [7, 11) is 0. The molecule has 4 rings (SSSR count). The van der Waals surface area contributed by atoms with Crippen molar-refractivity contribution < 1.29 is 9.26 Å². The number of hydrogen-bond donors (Lipinski definition) is 0. The first-order valence-electron chi connectivity index (χ1n) is 7.86. The summed E-state index contributed by atoms with van der Waals surface area (Å²) >= 11 is 1.51. The maximum Gasteiger partial charge on any atom is 0.294 e. The molecule has 1 saturated heterocycles. The van der Waals surface area contributed by atoms with Crippen LogP contribution < -0.4 is 4.74 Å². The topological polar surface area (TPSA) is 77.2 Å². The van der Waals surface area contributed by atoms with Crippen LogP contribution in [0.25, 0.3) is 0 Å². The van der Waals surface area contributed by atoms with Gasteiger partial charge in [0.15, 0.2) is 5.82 Å². The summed E-state index contributed by atoms with van der Waals surface area (Å²) in [5.74, 6) is 2.15. The third kappa shape index (κ3) is 2.85. The van der Waals surface area contributed by atoms with E-state index in [2.05, 4.69) is 25.2 Å². The van der Waals surface area contributed by atoms with E-state index < -0.39 is 0 Å². The first-order chi connectivity index (χ1) is 10.8. The average Bonchev–Trinajstić information content (AvgIpc) is 2.92. The van der Waals surface area contributed by atoms with E-state index in [1.165, 1.54) is 24.2 Å². The predicted molar refractivity (Wildman–Crippen MR) is 79.7 cm³/mol. The molecule has 118 valence electrons. The van der Waals surface area contributed by atoms with Crippen LogP contribution in [-0.2, 0) is 6.54 Å². The Morgan fingerprint density at radius 3 is 3.05 bits per heavy atom. The van der Waals surface area contributed by atoms with Gasteiger partial charge in [0.2, 0.25) is 5.89 Å². The molecule has 1 saturated carbocycles. The van der Waals surface area contributed by atoms with E-state index in [9.17, 15) is 0 Å². The van der Waals surface area contributed by atoms with Crippen molar-refractivity contribution in [2.75, 3.05) is 13.2 Å². The highest BCUT2D eigenvalue weighted by Crippen LogP contribution is 2.40. The van der Waals surface area contributed by atoms with Gasteiger partial charge in [-0.1, -0.05) is 16.5 Å². The summed E-state index contributed by atoms with van der Waals surface area (Å²) in [5, 5.41) is 14.1. The van der Waals surface area contributed by atoms with Gasteiger partial charge in [-0.2, -0.15) is 4.98 Å². The summed E-state index contributed by atoms with van der Waals surface area (Å²) in [6.45, 7) is 4.36. The lowest BCUT2D eigenvalue weighted by molar-refractivity contribution is 0.233. The molecule has 0 aromatic carbocycles. The number of hydrogen-bond acceptors (Lipinski definition) is 8. The summed E-state index contributed by atoms with van der Waals surface area (Å²) in [6, 6.07) is 0.232. The van der Waals surface area contributed by atoms with Crippen LogP contribution in [0.2, 0.25) is 0 Å². The molecule has 2 fully saturated rings. The third-order valence-electron chi connectivity index (χ3n) is 4.10. The maximum atomic E-state index is 5.40. The minimum Gasteiger partial charge on any atom is -0.469 e. The van der Waals surface area contributed by atoms with Crippen LogP contribution in [0.5, 0.6) is 5.19 Å². The molecule has 2 aromatic heterocycles. The number of rotatable bonds is 6. The number of likely N-dealkylation sites (tertiary alicyclic amines) is 1. The maximum absolute atomic E-state index is 5.40. The zero-order valence-electron chi connectivity index (χ0n) is 12.6. The first kappa shape index (κ1) is 14.1. The normalized spacial score (nSPS) is 22.3. The lowest BCUT2D eigenvalue weighted by Crippen LogP contribution is -2.23. The van der Waals surface area contributed by atoms with E-state index in [-0.39, 0.29) is 6.04 Å². The van der Waals surface area contributed by atoms with Gasteiger partial charge in [0.05, 0.1) is 19.2 Å². The van der Waals surface area contributed by atoms with Gasteiger partial charge >= 0.3 is 0 Å². The Morgan fingerprint density at radius 2 is 2.23 bits per heavy atom. The summed E-state index contributed by atoms with van der Waals surface area (Å²) in [5.41, 5.74) is 0. The molecule has 1 aliphatic heterocycles. The van der Waals surface area contributed by atoms with Crippen molar-refractivity contribution in [2.24, 2.45) is 0 Å². The van der Waals surface area contributed by atoms with Crippen LogP contribution in [-0.4, -0.2) is 38.4 Å². The van der Waals surface area contributed by atoms with Gasteiger partial charge in [-0.05, 0) is 39.2 Å². The van der Waals surface area contributed by atoms with Crippen LogP contribution >= 0.6 is 11.3 Å². The van der Waals surface area contributed by atoms with Gasteiger partial charge in [0.1, 0.15) is 5.01 Å². The Labute approximate surface area is 132 Å². The Morgan fingerprint density at radius 1 is 1.32 bits per heavy atom. The fourth-order valence-electron chi connectivity index (χ4n) is 2.84. The Hall–Kier alpha value is -1.54. The molecule has 2 aromatic rings. The van der Waals surface area contributed by atoms with Crippen LogP contribution in [0.1, 0.15) is 61.3 Å². The van der Waals surface area contributed by atoms with Crippen molar-refractivity contribution in [1.29, 1.82) is 0 Å². The van der Waals surface area contributed by atoms with Crippen molar-refractivity contribution in [3.05, 3.63) is 16.7 Å². The summed E-state index contributed by atoms with van der Waals surface area (Å²) < 4.78 is 10.8. The minimum atomic E-state index is 0.232. The summed E-state index contributed by atoms with van der Waals surface area (Å²) in [4.78, 5) is 6.96. The number of nitrogens with zero attached hydrogens (tertiary/aromatic N) is 5. The van der Waals surface area contributed by atoms with Crippen molar-refractivity contribution in [3.8, 4) is 5.19 Å². The molecule has 1 atom stereocenters. The smallest absolute Gasteiger partial charge is 0.294 e. The van der Waals surface area contributed by atoms with Crippen LogP contribution in [0.3, 0.4) is 0 Å². The molecule has 1 aliphatic carbocycles. The fourth-order valence-corrected chi connectivity index (χ4v) is 3.62. The van der Waals surface area contributed by atoms with Gasteiger partial charge in [0, 0.05) is 5.92 Å². The van der Waals surface area contributed by atoms with Crippen LogP contribution in [0.4, 0.5) is 0 Å². The highest BCUT2D eigenvalue weighted by molar-refractivity contribution is 7.13. The van der Waals surface area contributed by atoms with Gasteiger partial charge in [-0.25, -0.2) is 0 Å². The number of aromatic nitrogens is 4. The second kappa shape index (κ2) is 5.92. The Bertz CT molecular complexity index is 639. The molecule has 2 aliphatic rings. The molecule has 0 bridgehead atoms. The monoisotopic (exact) mass is 321 g/mol. The molecular weight excluding hydrogens is 302 g/mol. The highest BCUT2D eigenvalue weighted by atomic mass is 32.1. The Kier molecular flexibility index (Phi) is 3.79. The van der Waals surface area contributed by atoms with E-state index in [1.54, 1.807) is 0 Å². The second-order valence-corrected chi connectivity index (χ2v) is 6.81. The number of ether oxygens (including phenoxy) is 1. The zero-order chi connectivity index (χ0) is 14.9. The highest BCUT2D eigenvalue weighted by Gasteiger charge is 2.34. The minimum absolute atomic E-state index is 0.232. The fraction of sp³-hybridized carbons (Fsp3) is 0.714. The molecule has 7 nitrogen and oxygen atoms in total. The third-order valence-corrected chi connectivity index (χ3v) is 4.92. The van der Waals surface area contributed by atoms with Gasteiger partial charge in [-0.3, -0.25) is 4.90 Å². The quantitative estimate of drug-likeness (QED) is 0.809. The van der Waals surface area contributed by atoms with Crippen LogP contribution in [0.15, 0.2) is 4.52 Å². The van der Waals surface area contributed by atoms with Gasteiger partial charge < -0.3 is 9.26 Å². The van der Waals surface area contributed by atoms with E-state index in [4.69, 9.17) is 9.26 Å². The molecule has 8 heteroatoms. The molecule has 0 amide bonds. The lowest BCUT2D eigenvalue weighted by Gasteiger charge is -2.19. The zero-order valence-corrected chi connectivity index (χ0v) is 13.4. The van der Waals surface area contributed by atoms with E-state index >= 15 is 0 Å². The first-order valence-corrected chi connectivity index (χ1v) is 8.68. The Balaban J connectivity index is 1.45. The molecule has 3 heterocycles. The average molecular weight is 321 g/mol. The van der Waals surface area contributed by atoms with Crippen LogP contribution in [0, 0.1) is 0 Å². The standard InChI is InChI=1S/C14H19N5O2S/c1-2-20-14-17-16-11(22-14)8-19-7-3-4-10(19)12-15-13(21-18-12)9-5-6-9/h9-10H,2-8H2,1H3. The predicted octanol–water partition coefficient (Wildman–Crippen LogP) is 2.53.